The number of likely N-dealkylation sites (N-methyl/N-ethyl adjacent to an activating group) is 1. The summed E-state index contributed by atoms with van der Waals surface area (Å²) in [6, 6.07) is 19.3. The Morgan fingerprint density at radius 3 is 2.17 bits per heavy atom. The van der Waals surface area contributed by atoms with E-state index in [-0.39, 0.29) is 5.91 Å². The molecule has 3 heterocycles. The zero-order valence-electron chi connectivity index (χ0n) is 16.9. The molecular formula is C24H24N4O2. The van der Waals surface area contributed by atoms with Crippen molar-refractivity contribution in [2.45, 2.75) is 5.92 Å². The van der Waals surface area contributed by atoms with E-state index in [0.717, 1.165) is 54.5 Å². The number of carbonyl (C=O) groups is 1. The fraction of sp³-hybridized carbons (Fsp3) is 0.250. The fourth-order valence-electron chi connectivity index (χ4n) is 4.10. The van der Waals surface area contributed by atoms with Gasteiger partial charge >= 0.3 is 0 Å². The Labute approximate surface area is 176 Å². The second kappa shape index (κ2) is 7.80. The molecule has 0 atom stereocenters. The van der Waals surface area contributed by atoms with Crippen molar-refractivity contribution < 1.29 is 9.53 Å². The lowest BCUT2D eigenvalue weighted by Gasteiger charge is -2.33. The molecule has 1 aromatic heterocycles. The lowest BCUT2D eigenvalue weighted by molar-refractivity contribution is -0.116. The summed E-state index contributed by atoms with van der Waals surface area (Å²) in [5, 5.41) is 3.00. The van der Waals surface area contributed by atoms with E-state index in [0.29, 0.717) is 5.82 Å². The molecule has 30 heavy (non-hydrogen) atoms. The van der Waals surface area contributed by atoms with E-state index in [9.17, 15) is 4.79 Å². The smallest absolute Gasteiger partial charge is 0.237 e. The number of para-hydroxylation sites is 2. The summed E-state index contributed by atoms with van der Waals surface area (Å²) < 4.78 is 5.99. The van der Waals surface area contributed by atoms with Crippen molar-refractivity contribution in [2.75, 3.05) is 43.4 Å². The highest BCUT2D eigenvalue weighted by Gasteiger charge is 2.32. The standard InChI is InChI=1S/C24H24N4O2/c1-27-12-14-28(15-13-27)17-10-11-22(25-16-17)26-24(29)23-18-6-2-4-8-20(18)30-21-9-5-3-7-19(21)23/h2-11,16,23H,12-15H2,1H3,(H,25,26,29). The van der Waals surface area contributed by atoms with Crippen molar-refractivity contribution >= 4 is 17.4 Å². The van der Waals surface area contributed by atoms with E-state index >= 15 is 0 Å². The first-order valence-corrected chi connectivity index (χ1v) is 10.2. The van der Waals surface area contributed by atoms with Gasteiger partial charge in [-0.1, -0.05) is 36.4 Å². The highest BCUT2D eigenvalue weighted by Crippen LogP contribution is 2.44. The first-order valence-electron chi connectivity index (χ1n) is 10.2. The number of aromatic nitrogens is 1. The minimum Gasteiger partial charge on any atom is -0.457 e. The van der Waals surface area contributed by atoms with Crippen molar-refractivity contribution in [1.29, 1.82) is 0 Å². The van der Waals surface area contributed by atoms with Gasteiger partial charge in [0.1, 0.15) is 17.3 Å². The Morgan fingerprint density at radius 2 is 1.57 bits per heavy atom. The van der Waals surface area contributed by atoms with Gasteiger partial charge in [0, 0.05) is 37.3 Å². The van der Waals surface area contributed by atoms with Crippen molar-refractivity contribution in [2.24, 2.45) is 0 Å². The molecule has 152 valence electrons. The summed E-state index contributed by atoms with van der Waals surface area (Å²) in [5.41, 5.74) is 2.81. The van der Waals surface area contributed by atoms with Crippen LogP contribution in [0.3, 0.4) is 0 Å². The molecule has 0 unspecified atom stereocenters. The number of fused-ring (bicyclic) bond motifs is 2. The number of anilines is 2. The van der Waals surface area contributed by atoms with Crippen molar-refractivity contribution in [1.82, 2.24) is 9.88 Å². The monoisotopic (exact) mass is 400 g/mol. The predicted molar refractivity (Wildman–Crippen MR) is 117 cm³/mol. The SMILES string of the molecule is CN1CCN(c2ccc(NC(=O)C3c4ccccc4Oc4ccccc43)nc2)CC1. The van der Waals surface area contributed by atoms with Crippen LogP contribution in [-0.2, 0) is 4.79 Å². The highest BCUT2D eigenvalue weighted by atomic mass is 16.5. The number of hydrogen-bond donors (Lipinski definition) is 1. The van der Waals surface area contributed by atoms with Gasteiger partial charge in [0.25, 0.3) is 0 Å². The first-order chi connectivity index (χ1) is 14.7. The lowest BCUT2D eigenvalue weighted by Crippen LogP contribution is -2.44. The molecule has 5 rings (SSSR count). The number of hydrogen-bond acceptors (Lipinski definition) is 5. The summed E-state index contributed by atoms with van der Waals surface area (Å²) in [7, 11) is 2.14. The number of benzene rings is 2. The number of nitrogens with zero attached hydrogens (tertiary/aromatic N) is 3. The van der Waals surface area contributed by atoms with Crippen LogP contribution < -0.4 is 15.0 Å². The molecule has 0 bridgehead atoms. The molecule has 1 fully saturated rings. The van der Waals surface area contributed by atoms with Crippen LogP contribution in [-0.4, -0.2) is 49.0 Å². The Kier molecular flexibility index (Phi) is 4.85. The van der Waals surface area contributed by atoms with E-state index in [1.54, 1.807) is 0 Å². The molecule has 1 amide bonds. The molecule has 2 aliphatic heterocycles. The normalized spacial score (nSPS) is 16.4. The maximum Gasteiger partial charge on any atom is 0.237 e. The topological polar surface area (TPSA) is 57.7 Å². The van der Waals surface area contributed by atoms with Gasteiger partial charge in [-0.25, -0.2) is 4.98 Å². The minimum atomic E-state index is -0.440. The minimum absolute atomic E-state index is 0.113. The zero-order valence-corrected chi connectivity index (χ0v) is 16.9. The van der Waals surface area contributed by atoms with Crippen LogP contribution >= 0.6 is 0 Å². The number of rotatable bonds is 3. The van der Waals surface area contributed by atoms with Crippen molar-refractivity contribution in [3.63, 3.8) is 0 Å². The highest BCUT2D eigenvalue weighted by molar-refractivity contribution is 5.99. The number of nitrogens with one attached hydrogen (secondary N) is 1. The molecule has 6 heteroatoms. The van der Waals surface area contributed by atoms with Gasteiger partial charge in [0.05, 0.1) is 17.8 Å². The van der Waals surface area contributed by atoms with Crippen LogP contribution in [0, 0.1) is 0 Å². The van der Waals surface area contributed by atoms with Crippen LogP contribution in [0.1, 0.15) is 17.0 Å². The molecule has 0 saturated carbocycles. The van der Waals surface area contributed by atoms with Crippen LogP contribution in [0.4, 0.5) is 11.5 Å². The third-order valence-corrected chi connectivity index (χ3v) is 5.81. The van der Waals surface area contributed by atoms with Crippen molar-refractivity contribution in [3.05, 3.63) is 78.0 Å². The molecule has 0 spiro atoms. The van der Waals surface area contributed by atoms with E-state index in [1.165, 1.54) is 0 Å². The number of ether oxygens (including phenoxy) is 1. The van der Waals surface area contributed by atoms with Crippen molar-refractivity contribution in [3.8, 4) is 11.5 Å². The maximum atomic E-state index is 13.3. The van der Waals surface area contributed by atoms with Gasteiger partial charge in [-0.15, -0.1) is 0 Å². The van der Waals surface area contributed by atoms with Gasteiger partial charge in [0.2, 0.25) is 5.91 Å². The molecule has 0 radical (unpaired) electrons. The lowest BCUT2D eigenvalue weighted by atomic mass is 9.87. The fourth-order valence-corrected chi connectivity index (χ4v) is 4.10. The Hall–Kier alpha value is -3.38. The third kappa shape index (κ3) is 3.50. The van der Waals surface area contributed by atoms with Gasteiger partial charge in [0.15, 0.2) is 0 Å². The largest absolute Gasteiger partial charge is 0.457 e. The number of amides is 1. The van der Waals surface area contributed by atoms with E-state index in [2.05, 4.69) is 27.1 Å². The van der Waals surface area contributed by atoms with Gasteiger partial charge in [-0.3, -0.25) is 4.79 Å². The van der Waals surface area contributed by atoms with Gasteiger partial charge in [-0.2, -0.15) is 0 Å². The Balaban J connectivity index is 1.37. The summed E-state index contributed by atoms with van der Waals surface area (Å²) >= 11 is 0. The second-order valence-electron chi connectivity index (χ2n) is 7.79. The number of carbonyl (C=O) groups excluding carboxylic acids is 1. The number of pyridine rings is 1. The average molecular weight is 400 g/mol. The Morgan fingerprint density at radius 1 is 0.933 bits per heavy atom. The third-order valence-electron chi connectivity index (χ3n) is 5.81. The summed E-state index contributed by atoms with van der Waals surface area (Å²) in [6.45, 7) is 4.06. The molecular weight excluding hydrogens is 376 g/mol. The van der Waals surface area contributed by atoms with Crippen LogP contribution in [0.15, 0.2) is 66.9 Å². The summed E-state index contributed by atoms with van der Waals surface area (Å²) in [6.07, 6.45) is 1.84. The van der Waals surface area contributed by atoms with E-state index < -0.39 is 5.92 Å². The average Bonchev–Trinajstić information content (AvgIpc) is 2.78. The molecule has 3 aromatic rings. The predicted octanol–water partition coefficient (Wildman–Crippen LogP) is 3.71. The molecule has 2 aromatic carbocycles. The zero-order chi connectivity index (χ0) is 20.5. The molecule has 2 aliphatic rings. The molecule has 1 N–H and O–H groups in total. The second-order valence-corrected chi connectivity index (χ2v) is 7.79. The first kappa shape index (κ1) is 18.6. The molecule has 0 aliphatic carbocycles. The summed E-state index contributed by atoms with van der Waals surface area (Å²) in [4.78, 5) is 22.4. The van der Waals surface area contributed by atoms with Crippen LogP contribution in [0.25, 0.3) is 0 Å². The molecule has 6 nitrogen and oxygen atoms in total. The number of piperazine rings is 1. The van der Waals surface area contributed by atoms with E-state index in [4.69, 9.17) is 4.74 Å². The maximum absolute atomic E-state index is 13.3. The quantitative estimate of drug-likeness (QED) is 0.726. The van der Waals surface area contributed by atoms with E-state index in [1.807, 2.05) is 66.9 Å². The molecule has 1 saturated heterocycles. The van der Waals surface area contributed by atoms with Gasteiger partial charge < -0.3 is 19.9 Å². The van der Waals surface area contributed by atoms with Gasteiger partial charge in [-0.05, 0) is 31.3 Å². The summed E-state index contributed by atoms with van der Waals surface area (Å²) in [5.74, 6) is 1.44. The van der Waals surface area contributed by atoms with Crippen LogP contribution in [0.5, 0.6) is 11.5 Å². The van der Waals surface area contributed by atoms with Crippen LogP contribution in [0.2, 0.25) is 0 Å². The Bertz CT molecular complexity index is 1010.